The first-order chi connectivity index (χ1) is 14.3. The van der Waals surface area contributed by atoms with Crippen LogP contribution in [0.1, 0.15) is 44.7 Å². The molecule has 30 heavy (non-hydrogen) atoms. The Labute approximate surface area is 183 Å². The van der Waals surface area contributed by atoms with Crippen LogP contribution in [0.5, 0.6) is 0 Å². The Morgan fingerprint density at radius 1 is 1.07 bits per heavy atom. The smallest absolute Gasteiger partial charge is 0.241 e. The quantitative estimate of drug-likeness (QED) is 0.615. The van der Waals surface area contributed by atoms with Crippen LogP contribution in [0.4, 0.5) is 11.4 Å². The molecule has 1 fully saturated rings. The number of piperidine rings is 1. The number of hydrogen-bond acceptors (Lipinski definition) is 5. The molecule has 162 valence electrons. The molecule has 3 rings (SSSR count). The summed E-state index contributed by atoms with van der Waals surface area (Å²) < 4.78 is 28.6. The lowest BCUT2D eigenvalue weighted by Crippen LogP contribution is -2.29. The fraction of sp³-hybridized carbons (Fsp3) is 0.409. The number of sulfonamides is 1. The zero-order valence-electron chi connectivity index (χ0n) is 17.6. The van der Waals surface area contributed by atoms with Crippen molar-refractivity contribution < 1.29 is 13.2 Å². The largest absolute Gasteiger partial charge is 0.372 e. The van der Waals surface area contributed by atoms with Crippen molar-refractivity contribution >= 4 is 39.1 Å². The van der Waals surface area contributed by atoms with Crippen LogP contribution in [-0.4, -0.2) is 33.7 Å². The minimum Gasteiger partial charge on any atom is -0.372 e. The third-order valence-electron chi connectivity index (χ3n) is 5.24. The van der Waals surface area contributed by atoms with Crippen LogP contribution in [0.25, 0.3) is 0 Å². The van der Waals surface area contributed by atoms with E-state index in [9.17, 15) is 13.2 Å². The molecule has 2 aromatic rings. The molecule has 2 N–H and O–H groups in total. The third-order valence-corrected chi connectivity index (χ3v) is 7.57. The number of nitrogens with one attached hydrogen (secondary N) is 2. The summed E-state index contributed by atoms with van der Waals surface area (Å²) in [5.74, 6) is -0.241. The fourth-order valence-corrected chi connectivity index (χ4v) is 5.43. The average Bonchev–Trinajstić information content (AvgIpc) is 2.73. The van der Waals surface area contributed by atoms with Crippen LogP contribution in [0.3, 0.4) is 0 Å². The second kappa shape index (κ2) is 9.85. The number of anilines is 2. The highest BCUT2D eigenvalue weighted by Gasteiger charge is 2.20. The molecule has 0 bridgehead atoms. The number of thioether (sulfide) groups is 1. The van der Waals surface area contributed by atoms with Gasteiger partial charge in [-0.1, -0.05) is 12.1 Å². The zero-order chi connectivity index (χ0) is 21.7. The molecule has 8 heteroatoms. The van der Waals surface area contributed by atoms with E-state index in [2.05, 4.69) is 27.1 Å². The summed E-state index contributed by atoms with van der Waals surface area (Å²) in [6.45, 7) is 5.38. The minimum atomic E-state index is -3.74. The molecule has 1 unspecified atom stereocenters. The molecule has 6 nitrogen and oxygen atoms in total. The minimum absolute atomic E-state index is 0.126. The van der Waals surface area contributed by atoms with E-state index in [0.29, 0.717) is 5.69 Å². The van der Waals surface area contributed by atoms with Gasteiger partial charge in [-0.15, -0.1) is 11.8 Å². The first-order valence-corrected chi connectivity index (χ1v) is 12.8. The van der Waals surface area contributed by atoms with E-state index in [1.165, 1.54) is 49.7 Å². The second-order valence-corrected chi connectivity index (χ2v) is 10.1. The van der Waals surface area contributed by atoms with Crippen molar-refractivity contribution in [3.63, 3.8) is 0 Å². The lowest BCUT2D eigenvalue weighted by atomic mass is 10.1. The Bertz CT molecular complexity index is 985. The Morgan fingerprint density at radius 2 is 1.73 bits per heavy atom. The van der Waals surface area contributed by atoms with Gasteiger partial charge in [0.25, 0.3) is 0 Å². The molecule has 0 spiro atoms. The Kier molecular flexibility index (Phi) is 7.44. The van der Waals surface area contributed by atoms with E-state index < -0.39 is 10.0 Å². The van der Waals surface area contributed by atoms with E-state index in [-0.39, 0.29) is 16.8 Å². The molecule has 1 atom stereocenters. The number of nitrogens with zero attached hydrogens (tertiary/aromatic N) is 1. The van der Waals surface area contributed by atoms with Crippen LogP contribution >= 0.6 is 11.8 Å². The summed E-state index contributed by atoms with van der Waals surface area (Å²) >= 11 is 1.45. The molecule has 0 radical (unpaired) electrons. The lowest BCUT2D eigenvalue weighted by molar-refractivity contribution is -0.114. The summed E-state index contributed by atoms with van der Waals surface area (Å²) in [5.41, 5.74) is 2.58. The highest BCUT2D eigenvalue weighted by molar-refractivity contribution is 7.98. The van der Waals surface area contributed by atoms with Gasteiger partial charge in [-0.05, 0) is 68.3 Å². The standard InChI is InChI=1S/C22H29N3O3S2/c1-16(18-7-9-19(10-8-18)25-13-5-4-6-14-25)24-30(27,28)20-11-12-22(29-3)21(15-20)23-17(2)26/h7-12,15-16,24H,4-6,13-14H2,1-3H3,(H,23,26). The molecule has 1 aliphatic heterocycles. The van der Waals surface area contributed by atoms with Crippen LogP contribution in [0.15, 0.2) is 52.3 Å². The van der Waals surface area contributed by atoms with Gasteiger partial charge in [-0.25, -0.2) is 13.1 Å². The van der Waals surface area contributed by atoms with Crippen LogP contribution in [0.2, 0.25) is 0 Å². The molecular weight excluding hydrogens is 418 g/mol. The lowest BCUT2D eigenvalue weighted by Gasteiger charge is -2.29. The van der Waals surface area contributed by atoms with Gasteiger partial charge in [0.15, 0.2) is 0 Å². The van der Waals surface area contributed by atoms with E-state index >= 15 is 0 Å². The molecule has 1 saturated heterocycles. The summed E-state index contributed by atoms with van der Waals surface area (Å²) in [5, 5.41) is 2.70. The monoisotopic (exact) mass is 447 g/mol. The summed E-state index contributed by atoms with van der Waals surface area (Å²) in [6.07, 6.45) is 5.60. The zero-order valence-corrected chi connectivity index (χ0v) is 19.3. The molecule has 0 aliphatic carbocycles. The van der Waals surface area contributed by atoms with Crippen molar-refractivity contribution in [3.05, 3.63) is 48.0 Å². The Balaban J connectivity index is 1.75. The highest BCUT2D eigenvalue weighted by Crippen LogP contribution is 2.29. The van der Waals surface area contributed by atoms with E-state index in [4.69, 9.17) is 0 Å². The average molecular weight is 448 g/mol. The van der Waals surface area contributed by atoms with E-state index in [0.717, 1.165) is 23.5 Å². The van der Waals surface area contributed by atoms with Gasteiger partial charge in [0.05, 0.1) is 10.6 Å². The maximum Gasteiger partial charge on any atom is 0.241 e. The maximum atomic E-state index is 12.9. The molecule has 0 aromatic heterocycles. The number of amides is 1. The number of hydrogen-bond donors (Lipinski definition) is 2. The van der Waals surface area contributed by atoms with E-state index in [1.54, 1.807) is 12.1 Å². The number of benzene rings is 2. The van der Waals surface area contributed by atoms with Gasteiger partial charge in [0.1, 0.15) is 0 Å². The van der Waals surface area contributed by atoms with Gasteiger partial charge < -0.3 is 10.2 Å². The number of rotatable bonds is 7. The van der Waals surface area contributed by atoms with E-state index in [1.807, 2.05) is 25.3 Å². The van der Waals surface area contributed by atoms with Crippen molar-refractivity contribution in [3.8, 4) is 0 Å². The predicted molar refractivity (Wildman–Crippen MR) is 124 cm³/mol. The summed E-state index contributed by atoms with van der Waals surface area (Å²) in [6, 6.07) is 12.5. The first kappa shape index (κ1) is 22.7. The number of carbonyl (C=O) groups is 1. The summed E-state index contributed by atoms with van der Waals surface area (Å²) in [4.78, 5) is 14.8. The van der Waals surface area contributed by atoms with Crippen LogP contribution in [0, 0.1) is 0 Å². The molecule has 2 aromatic carbocycles. The molecule has 1 aliphatic rings. The molecule has 0 saturated carbocycles. The molecule has 1 heterocycles. The third kappa shape index (κ3) is 5.56. The molecular formula is C22H29N3O3S2. The van der Waals surface area contributed by atoms with Gasteiger partial charge in [0.2, 0.25) is 15.9 Å². The Hall–Kier alpha value is -2.03. The van der Waals surface area contributed by atoms with Crippen molar-refractivity contribution in [2.75, 3.05) is 29.6 Å². The van der Waals surface area contributed by atoms with Crippen LogP contribution < -0.4 is 14.9 Å². The maximum absolute atomic E-state index is 12.9. The van der Waals surface area contributed by atoms with Crippen molar-refractivity contribution in [2.24, 2.45) is 0 Å². The first-order valence-electron chi connectivity index (χ1n) is 10.1. The topological polar surface area (TPSA) is 78.5 Å². The number of carbonyl (C=O) groups excluding carboxylic acids is 1. The summed E-state index contributed by atoms with van der Waals surface area (Å²) in [7, 11) is -3.74. The van der Waals surface area contributed by atoms with Crippen molar-refractivity contribution in [2.45, 2.75) is 48.9 Å². The SMILES string of the molecule is CSc1ccc(S(=O)(=O)NC(C)c2ccc(N3CCCCC3)cc2)cc1NC(C)=O. The Morgan fingerprint density at radius 3 is 2.33 bits per heavy atom. The van der Waals surface area contributed by atoms with Crippen molar-refractivity contribution in [1.82, 2.24) is 4.72 Å². The van der Waals surface area contributed by atoms with Gasteiger partial charge in [-0.2, -0.15) is 0 Å². The molecule has 1 amide bonds. The predicted octanol–water partition coefficient (Wildman–Crippen LogP) is 4.40. The normalized spacial score (nSPS) is 15.6. The van der Waals surface area contributed by atoms with Crippen LogP contribution in [-0.2, 0) is 14.8 Å². The fourth-order valence-electron chi connectivity index (χ4n) is 3.64. The van der Waals surface area contributed by atoms with Crippen molar-refractivity contribution in [1.29, 1.82) is 0 Å². The van der Waals surface area contributed by atoms with Gasteiger partial charge in [0, 0.05) is 36.6 Å². The van der Waals surface area contributed by atoms with Gasteiger partial charge >= 0.3 is 0 Å². The highest BCUT2D eigenvalue weighted by atomic mass is 32.2. The second-order valence-electron chi connectivity index (χ2n) is 7.53. The van der Waals surface area contributed by atoms with Gasteiger partial charge in [-0.3, -0.25) is 4.79 Å².